The molecule has 1 saturated heterocycles. The second-order valence-electron chi connectivity index (χ2n) is 3.46. The summed E-state index contributed by atoms with van der Waals surface area (Å²) in [6, 6.07) is 0. The molecule has 1 saturated carbocycles. The van der Waals surface area contributed by atoms with E-state index >= 15 is 0 Å². The van der Waals surface area contributed by atoms with Crippen LogP contribution in [0.3, 0.4) is 0 Å². The van der Waals surface area contributed by atoms with Gasteiger partial charge in [0.2, 0.25) is 0 Å². The third-order valence-corrected chi connectivity index (χ3v) is 2.86. The monoisotopic (exact) mass is 185 g/mol. The minimum absolute atomic E-state index is 0.313. The highest BCUT2D eigenvalue weighted by molar-refractivity contribution is 5.86. The number of carboxylic acid groups (broad SMARTS) is 1. The van der Waals surface area contributed by atoms with Gasteiger partial charge in [0, 0.05) is 0 Å². The summed E-state index contributed by atoms with van der Waals surface area (Å²) in [6.45, 7) is 0.721. The Morgan fingerprint density at radius 1 is 1.54 bits per heavy atom. The van der Waals surface area contributed by atoms with Gasteiger partial charge in [-0.05, 0) is 19.3 Å². The summed E-state index contributed by atoms with van der Waals surface area (Å²) in [5.41, 5.74) is -0.951. The lowest BCUT2D eigenvalue weighted by molar-refractivity contribution is -0.154. The zero-order valence-electron chi connectivity index (χ0n) is 7.15. The molecule has 2 fully saturated rings. The lowest BCUT2D eigenvalue weighted by Gasteiger charge is -2.43. The molecule has 1 amide bonds. The van der Waals surface area contributed by atoms with Crippen LogP contribution in [0.1, 0.15) is 19.3 Å². The summed E-state index contributed by atoms with van der Waals surface area (Å²) in [7, 11) is 0. The van der Waals surface area contributed by atoms with Crippen LogP contribution in [-0.4, -0.2) is 40.8 Å². The predicted octanol–water partition coefficient (Wildman–Crippen LogP) is 0.446. The highest BCUT2D eigenvalue weighted by Crippen LogP contribution is 2.39. The smallest absolute Gasteiger partial charge is 0.410 e. The van der Waals surface area contributed by atoms with Gasteiger partial charge in [-0.2, -0.15) is 0 Å². The Morgan fingerprint density at radius 2 is 2.23 bits per heavy atom. The van der Waals surface area contributed by atoms with Crippen LogP contribution in [0.4, 0.5) is 4.79 Å². The Labute approximate surface area is 75.3 Å². The fourth-order valence-electron chi connectivity index (χ4n) is 1.89. The third-order valence-electron chi connectivity index (χ3n) is 2.86. The van der Waals surface area contributed by atoms with Crippen LogP contribution >= 0.6 is 0 Å². The minimum atomic E-state index is -0.951. The minimum Gasteiger partial charge on any atom is -0.479 e. The number of rotatable bonds is 2. The molecule has 1 heterocycles. The molecule has 0 aromatic carbocycles. The number of aliphatic carboxylic acids is 1. The maximum absolute atomic E-state index is 11.2. The summed E-state index contributed by atoms with van der Waals surface area (Å²) in [6.07, 6.45) is 1.49. The lowest BCUT2D eigenvalue weighted by atomic mass is 9.75. The van der Waals surface area contributed by atoms with Crippen LogP contribution in [0, 0.1) is 0 Å². The first-order valence-electron chi connectivity index (χ1n) is 4.35. The van der Waals surface area contributed by atoms with Crippen LogP contribution in [0.2, 0.25) is 0 Å². The zero-order chi connectivity index (χ0) is 9.47. The van der Waals surface area contributed by atoms with Gasteiger partial charge in [-0.25, -0.2) is 9.59 Å². The van der Waals surface area contributed by atoms with Gasteiger partial charge in [0.25, 0.3) is 0 Å². The van der Waals surface area contributed by atoms with E-state index in [1.807, 2.05) is 0 Å². The van der Waals surface area contributed by atoms with Gasteiger partial charge in [-0.15, -0.1) is 0 Å². The van der Waals surface area contributed by atoms with Crippen LogP contribution in [0.5, 0.6) is 0 Å². The highest BCUT2D eigenvalue weighted by Gasteiger charge is 2.53. The Balaban J connectivity index is 2.21. The molecule has 1 aliphatic heterocycles. The van der Waals surface area contributed by atoms with E-state index in [0.29, 0.717) is 26.0 Å². The zero-order valence-corrected chi connectivity index (χ0v) is 7.15. The SMILES string of the molecule is O=C1OCCN1C1(C(=O)O)CCC1. The molecular formula is C8H11NO4. The van der Waals surface area contributed by atoms with E-state index in [0.717, 1.165) is 6.42 Å². The first-order chi connectivity index (χ1) is 6.17. The Hall–Kier alpha value is -1.26. The molecule has 0 radical (unpaired) electrons. The van der Waals surface area contributed by atoms with Crippen LogP contribution in [0.25, 0.3) is 0 Å². The Morgan fingerprint density at radius 3 is 2.54 bits per heavy atom. The number of nitrogens with zero attached hydrogens (tertiary/aromatic N) is 1. The van der Waals surface area contributed by atoms with Gasteiger partial charge in [-0.3, -0.25) is 4.90 Å². The fourth-order valence-corrected chi connectivity index (χ4v) is 1.89. The number of hydrogen-bond acceptors (Lipinski definition) is 3. The second kappa shape index (κ2) is 2.61. The van der Waals surface area contributed by atoms with Gasteiger partial charge >= 0.3 is 12.1 Å². The molecule has 0 spiro atoms. The van der Waals surface area contributed by atoms with Crippen molar-refractivity contribution in [1.82, 2.24) is 4.90 Å². The second-order valence-corrected chi connectivity index (χ2v) is 3.46. The molecule has 5 nitrogen and oxygen atoms in total. The third kappa shape index (κ3) is 0.993. The fraction of sp³-hybridized carbons (Fsp3) is 0.750. The summed E-state index contributed by atoms with van der Waals surface area (Å²) in [5.74, 6) is -0.905. The molecule has 2 rings (SSSR count). The highest BCUT2D eigenvalue weighted by atomic mass is 16.6. The van der Waals surface area contributed by atoms with Crippen molar-refractivity contribution in [2.75, 3.05) is 13.2 Å². The number of carbonyl (C=O) groups is 2. The molecule has 0 aromatic heterocycles. The van der Waals surface area contributed by atoms with Crippen LogP contribution in [-0.2, 0) is 9.53 Å². The van der Waals surface area contributed by atoms with Gasteiger partial charge in [0.05, 0.1) is 6.54 Å². The summed E-state index contributed by atoms with van der Waals surface area (Å²) in [5, 5.41) is 9.01. The van der Waals surface area contributed by atoms with Gasteiger partial charge in [0.1, 0.15) is 12.1 Å². The summed E-state index contributed by atoms with van der Waals surface area (Å²) in [4.78, 5) is 23.5. The van der Waals surface area contributed by atoms with Crippen molar-refractivity contribution in [1.29, 1.82) is 0 Å². The largest absolute Gasteiger partial charge is 0.479 e. The average Bonchev–Trinajstić information content (AvgIpc) is 2.34. The predicted molar refractivity (Wildman–Crippen MR) is 42.3 cm³/mol. The van der Waals surface area contributed by atoms with Crippen molar-refractivity contribution in [3.05, 3.63) is 0 Å². The number of carbonyl (C=O) groups excluding carboxylic acids is 1. The van der Waals surface area contributed by atoms with Gasteiger partial charge in [0.15, 0.2) is 0 Å². The molecule has 1 aliphatic carbocycles. The molecule has 72 valence electrons. The molecule has 2 aliphatic rings. The van der Waals surface area contributed by atoms with Crippen LogP contribution < -0.4 is 0 Å². The van der Waals surface area contributed by atoms with Crippen LogP contribution in [0.15, 0.2) is 0 Å². The van der Waals surface area contributed by atoms with Crippen molar-refractivity contribution in [2.45, 2.75) is 24.8 Å². The molecule has 0 atom stereocenters. The lowest BCUT2D eigenvalue weighted by Crippen LogP contribution is -2.59. The maximum atomic E-state index is 11.2. The summed E-state index contributed by atoms with van der Waals surface area (Å²) < 4.78 is 4.72. The molecular weight excluding hydrogens is 174 g/mol. The number of amides is 1. The number of carboxylic acids is 1. The molecule has 1 N–H and O–H groups in total. The van der Waals surface area contributed by atoms with Crippen molar-refractivity contribution in [3.8, 4) is 0 Å². The Kier molecular flexibility index (Phi) is 1.68. The Bertz CT molecular complexity index is 257. The summed E-state index contributed by atoms with van der Waals surface area (Å²) >= 11 is 0. The van der Waals surface area contributed by atoms with E-state index in [2.05, 4.69) is 0 Å². The first kappa shape index (κ1) is 8.34. The van der Waals surface area contributed by atoms with E-state index in [1.165, 1.54) is 4.90 Å². The molecule has 5 heteroatoms. The van der Waals surface area contributed by atoms with E-state index in [-0.39, 0.29) is 0 Å². The molecule has 13 heavy (non-hydrogen) atoms. The molecule has 0 aromatic rings. The number of hydrogen-bond donors (Lipinski definition) is 1. The first-order valence-corrected chi connectivity index (χ1v) is 4.35. The van der Waals surface area contributed by atoms with E-state index in [4.69, 9.17) is 9.84 Å². The number of cyclic esters (lactones) is 1. The van der Waals surface area contributed by atoms with E-state index in [9.17, 15) is 9.59 Å². The van der Waals surface area contributed by atoms with E-state index < -0.39 is 17.6 Å². The van der Waals surface area contributed by atoms with Crippen molar-refractivity contribution < 1.29 is 19.4 Å². The quantitative estimate of drug-likeness (QED) is 0.678. The topological polar surface area (TPSA) is 66.8 Å². The molecule has 0 unspecified atom stereocenters. The van der Waals surface area contributed by atoms with Gasteiger partial charge in [-0.1, -0.05) is 0 Å². The normalized spacial score (nSPS) is 25.2. The van der Waals surface area contributed by atoms with Crippen molar-refractivity contribution in [3.63, 3.8) is 0 Å². The average molecular weight is 185 g/mol. The molecule has 0 bridgehead atoms. The van der Waals surface area contributed by atoms with Crippen molar-refractivity contribution in [2.24, 2.45) is 0 Å². The maximum Gasteiger partial charge on any atom is 0.410 e. The van der Waals surface area contributed by atoms with Gasteiger partial charge < -0.3 is 9.84 Å². The standard InChI is InChI=1S/C8H11NO4/c10-6(11)8(2-1-3-8)9-4-5-13-7(9)12/h1-5H2,(H,10,11). The number of ether oxygens (including phenoxy) is 1. The van der Waals surface area contributed by atoms with E-state index in [1.54, 1.807) is 0 Å². The van der Waals surface area contributed by atoms with Crippen molar-refractivity contribution >= 4 is 12.1 Å².